The van der Waals surface area contributed by atoms with E-state index in [9.17, 15) is 9.59 Å². The first-order chi connectivity index (χ1) is 8.83. The van der Waals surface area contributed by atoms with Gasteiger partial charge in [-0.2, -0.15) is 0 Å². The van der Waals surface area contributed by atoms with E-state index in [4.69, 9.17) is 4.74 Å². The van der Waals surface area contributed by atoms with E-state index in [1.165, 1.54) is 0 Å². The molecule has 0 rings (SSSR count). The van der Waals surface area contributed by atoms with Crippen molar-refractivity contribution < 1.29 is 19.2 Å². The molecule has 0 spiro atoms. The van der Waals surface area contributed by atoms with Gasteiger partial charge < -0.3 is 9.57 Å². The van der Waals surface area contributed by atoms with Crippen LogP contribution in [0.5, 0.6) is 0 Å². The van der Waals surface area contributed by atoms with Crippen molar-refractivity contribution in [3.63, 3.8) is 0 Å². The lowest BCUT2D eigenvalue weighted by molar-refractivity contribution is -0.156. The van der Waals surface area contributed by atoms with Crippen LogP contribution in [0.4, 0.5) is 0 Å². The zero-order valence-electron chi connectivity index (χ0n) is 12.4. The zero-order valence-corrected chi connectivity index (χ0v) is 12.4. The van der Waals surface area contributed by atoms with Crippen molar-refractivity contribution in [3.05, 3.63) is 0 Å². The van der Waals surface area contributed by atoms with Gasteiger partial charge in [0.1, 0.15) is 6.73 Å². The van der Waals surface area contributed by atoms with Crippen molar-refractivity contribution in [3.8, 4) is 0 Å². The lowest BCUT2D eigenvalue weighted by Gasteiger charge is -2.20. The molecule has 0 aliphatic heterocycles. The molecule has 0 aromatic heterocycles. The van der Waals surface area contributed by atoms with Gasteiger partial charge in [-0.3, -0.25) is 10.1 Å². The van der Waals surface area contributed by atoms with Crippen molar-refractivity contribution in [1.29, 1.82) is 0 Å². The van der Waals surface area contributed by atoms with Gasteiger partial charge in [0.05, 0.1) is 17.7 Å². The summed E-state index contributed by atoms with van der Waals surface area (Å²) in [4.78, 5) is 27.5. The number of nitrogens with zero attached hydrogens (tertiary/aromatic N) is 1. The van der Waals surface area contributed by atoms with Gasteiger partial charge in [0.2, 0.25) is 0 Å². The lowest BCUT2D eigenvalue weighted by atomic mass is 9.91. The molecule has 0 saturated heterocycles. The Hall–Kier alpha value is -1.43. The molecule has 0 saturated carbocycles. The van der Waals surface area contributed by atoms with Crippen molar-refractivity contribution >= 4 is 17.7 Å². The van der Waals surface area contributed by atoms with Crippen LogP contribution in [-0.2, 0) is 19.2 Å². The summed E-state index contributed by atoms with van der Waals surface area (Å²) in [5, 5.41) is 6.30. The number of hydrogen-bond acceptors (Lipinski definition) is 6. The van der Waals surface area contributed by atoms with Crippen LogP contribution in [0.1, 0.15) is 47.5 Å². The molecule has 0 amide bonds. The van der Waals surface area contributed by atoms with Crippen LogP contribution in [0.15, 0.2) is 5.16 Å². The molecule has 0 aliphatic carbocycles. The minimum absolute atomic E-state index is 0.0200. The predicted molar refractivity (Wildman–Crippen MR) is 72.5 cm³/mol. The zero-order chi connectivity index (χ0) is 14.9. The molecule has 0 aromatic rings. The van der Waals surface area contributed by atoms with E-state index in [0.717, 1.165) is 12.1 Å². The number of esters is 1. The summed E-state index contributed by atoms with van der Waals surface area (Å²) in [6.45, 7) is 9.15. The second-order valence-corrected chi connectivity index (χ2v) is 4.88. The van der Waals surface area contributed by atoms with E-state index < -0.39 is 11.4 Å². The van der Waals surface area contributed by atoms with Gasteiger partial charge in [0, 0.05) is 0 Å². The van der Waals surface area contributed by atoms with Crippen molar-refractivity contribution in [1.82, 2.24) is 5.32 Å². The average Bonchev–Trinajstić information content (AvgIpc) is 2.40. The van der Waals surface area contributed by atoms with E-state index in [-0.39, 0.29) is 19.2 Å². The van der Waals surface area contributed by atoms with Crippen LogP contribution in [0, 0.1) is 5.41 Å². The molecule has 0 unspecified atom stereocenters. The van der Waals surface area contributed by atoms with Crippen LogP contribution < -0.4 is 5.32 Å². The number of ether oxygens (including phenoxy) is 1. The van der Waals surface area contributed by atoms with E-state index in [1.54, 1.807) is 6.92 Å². The Morgan fingerprint density at radius 1 is 1.26 bits per heavy atom. The Balaban J connectivity index is 3.81. The van der Waals surface area contributed by atoms with Crippen molar-refractivity contribution in [2.24, 2.45) is 10.6 Å². The van der Waals surface area contributed by atoms with Gasteiger partial charge >= 0.3 is 11.9 Å². The second kappa shape index (κ2) is 8.63. The molecule has 110 valence electrons. The van der Waals surface area contributed by atoms with Gasteiger partial charge in [-0.15, -0.1) is 0 Å². The Bertz CT molecular complexity index is 338. The molecular weight excluding hydrogens is 248 g/mol. The molecule has 0 radical (unpaired) electrons. The van der Waals surface area contributed by atoms with E-state index in [0.29, 0.717) is 6.42 Å². The smallest absolute Gasteiger partial charge is 0.348 e. The van der Waals surface area contributed by atoms with Crippen LogP contribution in [-0.4, -0.2) is 30.9 Å². The summed E-state index contributed by atoms with van der Waals surface area (Å²) in [6, 6.07) is 0. The molecule has 0 bridgehead atoms. The summed E-state index contributed by atoms with van der Waals surface area (Å²) >= 11 is 0. The largest absolute Gasteiger partial charge is 0.449 e. The standard InChI is InChI=1S/C13H24N2O4/c1-6-10(3)15-19-11(16)8-14-9-18-12(17)13(4,5)7-2/h14H,6-9H2,1-5H3/b15-10-. The third kappa shape index (κ3) is 7.56. The summed E-state index contributed by atoms with van der Waals surface area (Å²) in [5.74, 6) is -0.811. The topological polar surface area (TPSA) is 77.0 Å². The van der Waals surface area contributed by atoms with Crippen LogP contribution >= 0.6 is 0 Å². The molecule has 0 aliphatic rings. The third-order valence-electron chi connectivity index (χ3n) is 2.83. The summed E-state index contributed by atoms with van der Waals surface area (Å²) < 4.78 is 5.00. The fourth-order valence-electron chi connectivity index (χ4n) is 0.835. The second-order valence-electron chi connectivity index (χ2n) is 4.88. The maximum absolute atomic E-state index is 11.6. The maximum atomic E-state index is 11.6. The van der Waals surface area contributed by atoms with Crippen LogP contribution in [0.25, 0.3) is 0 Å². The number of carbonyl (C=O) groups excluding carboxylic acids is 2. The average molecular weight is 272 g/mol. The van der Waals surface area contributed by atoms with E-state index in [1.807, 2.05) is 27.7 Å². The maximum Gasteiger partial charge on any atom is 0.348 e. The molecule has 0 fully saturated rings. The number of rotatable bonds is 8. The molecule has 6 nitrogen and oxygen atoms in total. The summed E-state index contributed by atoms with van der Waals surface area (Å²) in [5.41, 5.74) is 0.231. The van der Waals surface area contributed by atoms with E-state index >= 15 is 0 Å². The molecule has 1 N–H and O–H groups in total. The highest BCUT2D eigenvalue weighted by molar-refractivity contribution is 5.82. The number of oxime groups is 1. The van der Waals surface area contributed by atoms with Crippen LogP contribution in [0.2, 0.25) is 0 Å². The Kier molecular flexibility index (Phi) is 7.98. The minimum atomic E-state index is -0.515. The highest BCUT2D eigenvalue weighted by Crippen LogP contribution is 2.20. The summed E-state index contributed by atoms with van der Waals surface area (Å²) in [6.07, 6.45) is 1.42. The number of carbonyl (C=O) groups is 2. The fourth-order valence-corrected chi connectivity index (χ4v) is 0.835. The van der Waals surface area contributed by atoms with Gasteiger partial charge in [-0.05, 0) is 33.6 Å². The SMILES string of the molecule is CC/C(C)=N\OC(=O)CNCOC(=O)C(C)(C)CC. The third-order valence-corrected chi connectivity index (χ3v) is 2.83. The Morgan fingerprint density at radius 2 is 1.89 bits per heavy atom. The summed E-state index contributed by atoms with van der Waals surface area (Å²) in [7, 11) is 0. The molecule has 6 heteroatoms. The minimum Gasteiger partial charge on any atom is -0.449 e. The monoisotopic (exact) mass is 272 g/mol. The van der Waals surface area contributed by atoms with Crippen molar-refractivity contribution in [2.45, 2.75) is 47.5 Å². The number of nitrogens with one attached hydrogen (secondary N) is 1. The van der Waals surface area contributed by atoms with Gasteiger partial charge in [0.15, 0.2) is 0 Å². The fraction of sp³-hybridized carbons (Fsp3) is 0.769. The van der Waals surface area contributed by atoms with E-state index in [2.05, 4.69) is 15.3 Å². The van der Waals surface area contributed by atoms with Gasteiger partial charge in [-0.25, -0.2) is 4.79 Å². The quantitative estimate of drug-likeness (QED) is 0.182. The number of hydrogen-bond donors (Lipinski definition) is 1. The predicted octanol–water partition coefficient (Wildman–Crippen LogP) is 1.84. The first kappa shape index (κ1) is 17.6. The normalized spacial score (nSPS) is 12.2. The molecule has 0 aromatic carbocycles. The highest BCUT2D eigenvalue weighted by atomic mass is 16.7. The highest BCUT2D eigenvalue weighted by Gasteiger charge is 2.26. The van der Waals surface area contributed by atoms with Gasteiger partial charge in [-0.1, -0.05) is 19.0 Å². The van der Waals surface area contributed by atoms with Gasteiger partial charge in [0.25, 0.3) is 0 Å². The molecular formula is C13H24N2O4. The molecule has 0 atom stereocenters. The lowest BCUT2D eigenvalue weighted by Crippen LogP contribution is -2.32. The Labute approximate surface area is 114 Å². The van der Waals surface area contributed by atoms with Crippen molar-refractivity contribution in [2.75, 3.05) is 13.3 Å². The molecule has 19 heavy (non-hydrogen) atoms. The first-order valence-corrected chi connectivity index (χ1v) is 6.44. The van der Waals surface area contributed by atoms with Crippen LogP contribution in [0.3, 0.4) is 0 Å². The molecule has 0 heterocycles. The first-order valence-electron chi connectivity index (χ1n) is 6.44. The Morgan fingerprint density at radius 3 is 2.42 bits per heavy atom.